The maximum Gasteiger partial charge on any atom is 0.0713 e. The van der Waals surface area contributed by atoms with E-state index in [-0.39, 0.29) is 6.04 Å². The van der Waals surface area contributed by atoms with E-state index in [1.54, 1.807) is 7.11 Å². The molecule has 21 heavy (non-hydrogen) atoms. The highest BCUT2D eigenvalue weighted by atomic mass is 16.5. The van der Waals surface area contributed by atoms with Crippen LogP contribution in [0, 0.1) is 0 Å². The van der Waals surface area contributed by atoms with Gasteiger partial charge in [-0.25, -0.2) is 0 Å². The highest BCUT2D eigenvalue weighted by Gasteiger charge is 2.21. The summed E-state index contributed by atoms with van der Waals surface area (Å²) < 4.78 is 11.0. The molecule has 2 rings (SSSR count). The van der Waals surface area contributed by atoms with Crippen LogP contribution in [0.3, 0.4) is 0 Å². The molecule has 1 aromatic carbocycles. The molecule has 0 bridgehead atoms. The third-order valence-electron chi connectivity index (χ3n) is 4.20. The van der Waals surface area contributed by atoms with Gasteiger partial charge in [-0.1, -0.05) is 24.3 Å². The summed E-state index contributed by atoms with van der Waals surface area (Å²) in [6, 6.07) is 8.79. The highest BCUT2D eigenvalue weighted by molar-refractivity contribution is 5.25. The second-order valence-electron chi connectivity index (χ2n) is 5.85. The smallest absolute Gasteiger partial charge is 0.0713 e. The molecule has 4 heteroatoms. The summed E-state index contributed by atoms with van der Waals surface area (Å²) in [4.78, 5) is 2.32. The second-order valence-corrected chi connectivity index (χ2v) is 5.85. The number of likely N-dealkylation sites (N-methyl/N-ethyl adjacent to an activating group) is 1. The maximum absolute atomic E-state index is 6.00. The Bertz CT molecular complexity index is 402. The van der Waals surface area contributed by atoms with Crippen molar-refractivity contribution in [2.75, 3.05) is 33.9 Å². The lowest BCUT2D eigenvalue weighted by Gasteiger charge is -2.32. The number of rotatable bonds is 7. The maximum atomic E-state index is 6.00. The zero-order valence-electron chi connectivity index (χ0n) is 13.3. The molecule has 1 saturated heterocycles. The van der Waals surface area contributed by atoms with Crippen molar-refractivity contribution >= 4 is 0 Å². The molecule has 0 saturated carbocycles. The molecule has 1 heterocycles. The van der Waals surface area contributed by atoms with Gasteiger partial charge in [0.25, 0.3) is 0 Å². The van der Waals surface area contributed by atoms with Gasteiger partial charge >= 0.3 is 0 Å². The van der Waals surface area contributed by atoms with E-state index in [2.05, 4.69) is 36.2 Å². The lowest BCUT2D eigenvalue weighted by atomic mass is 10.0. The second kappa shape index (κ2) is 8.49. The molecule has 0 amide bonds. The average Bonchev–Trinajstić information content (AvgIpc) is 2.51. The van der Waals surface area contributed by atoms with Gasteiger partial charge in [0, 0.05) is 32.8 Å². The molecule has 0 aliphatic carbocycles. The Kier molecular flexibility index (Phi) is 6.64. The van der Waals surface area contributed by atoms with Gasteiger partial charge in [0.1, 0.15) is 0 Å². The first-order chi connectivity index (χ1) is 10.2. The van der Waals surface area contributed by atoms with Crippen LogP contribution >= 0.6 is 0 Å². The van der Waals surface area contributed by atoms with Crippen LogP contribution in [0.2, 0.25) is 0 Å². The first-order valence-corrected chi connectivity index (χ1v) is 7.84. The molecule has 4 nitrogen and oxygen atoms in total. The fraction of sp³-hybridized carbons (Fsp3) is 0.647. The first kappa shape index (κ1) is 16.4. The normalized spacial score (nSPS) is 20.7. The number of hydrogen-bond acceptors (Lipinski definition) is 4. The first-order valence-electron chi connectivity index (χ1n) is 7.84. The molecule has 0 aromatic heterocycles. The van der Waals surface area contributed by atoms with Crippen molar-refractivity contribution in [1.29, 1.82) is 0 Å². The quantitative estimate of drug-likeness (QED) is 0.838. The van der Waals surface area contributed by atoms with Gasteiger partial charge < -0.3 is 15.2 Å². The van der Waals surface area contributed by atoms with Gasteiger partial charge in [0.05, 0.1) is 12.7 Å². The van der Waals surface area contributed by atoms with E-state index in [0.29, 0.717) is 19.3 Å². The fourth-order valence-electron chi connectivity index (χ4n) is 2.97. The summed E-state index contributed by atoms with van der Waals surface area (Å²) in [6.07, 6.45) is 3.98. The van der Waals surface area contributed by atoms with Crippen LogP contribution < -0.4 is 5.73 Å². The van der Waals surface area contributed by atoms with Gasteiger partial charge in [-0.2, -0.15) is 0 Å². The lowest BCUT2D eigenvalue weighted by Crippen LogP contribution is -2.38. The molecule has 1 aliphatic rings. The average molecular weight is 292 g/mol. The van der Waals surface area contributed by atoms with E-state index in [0.717, 1.165) is 19.6 Å². The summed E-state index contributed by atoms with van der Waals surface area (Å²) in [5.74, 6) is 0. The highest BCUT2D eigenvalue weighted by Crippen LogP contribution is 2.22. The summed E-state index contributed by atoms with van der Waals surface area (Å²) in [7, 11) is 3.85. The van der Waals surface area contributed by atoms with E-state index >= 15 is 0 Å². The summed E-state index contributed by atoms with van der Waals surface area (Å²) >= 11 is 0. The summed E-state index contributed by atoms with van der Waals surface area (Å²) in [5.41, 5.74) is 8.45. The molecule has 1 aromatic rings. The Hall–Kier alpha value is -0.940. The lowest BCUT2D eigenvalue weighted by molar-refractivity contribution is -0.00777. The molecule has 2 N–H and O–H groups in total. The van der Waals surface area contributed by atoms with Crippen LogP contribution in [-0.4, -0.2) is 44.9 Å². The Morgan fingerprint density at radius 2 is 2.10 bits per heavy atom. The van der Waals surface area contributed by atoms with E-state index in [1.165, 1.54) is 24.0 Å². The van der Waals surface area contributed by atoms with E-state index < -0.39 is 0 Å². The predicted octanol–water partition coefficient (Wildman–Crippen LogP) is 2.33. The third kappa shape index (κ3) is 4.78. The van der Waals surface area contributed by atoms with E-state index in [4.69, 9.17) is 15.2 Å². The Morgan fingerprint density at radius 1 is 1.33 bits per heavy atom. The molecule has 2 unspecified atom stereocenters. The molecule has 0 radical (unpaired) electrons. The zero-order chi connectivity index (χ0) is 15.1. The van der Waals surface area contributed by atoms with E-state index in [9.17, 15) is 0 Å². The van der Waals surface area contributed by atoms with Crippen LogP contribution in [0.5, 0.6) is 0 Å². The standard InChI is InChI=1S/C17H28N2O2/c1-19(12-16-5-3-4-10-21-16)17(11-18)15-8-6-14(7-9-15)13-20-2/h6-9,16-17H,3-5,10-13,18H2,1-2H3. The number of ether oxygens (including phenoxy) is 2. The molecular weight excluding hydrogens is 264 g/mol. The van der Waals surface area contributed by atoms with Crippen molar-refractivity contribution < 1.29 is 9.47 Å². The SMILES string of the molecule is COCc1ccc(C(CN)N(C)CC2CCCCO2)cc1. The van der Waals surface area contributed by atoms with Crippen LogP contribution in [0.25, 0.3) is 0 Å². The van der Waals surface area contributed by atoms with Crippen molar-refractivity contribution in [2.24, 2.45) is 5.73 Å². The molecule has 1 aliphatic heterocycles. The van der Waals surface area contributed by atoms with Crippen molar-refractivity contribution in [1.82, 2.24) is 4.90 Å². The van der Waals surface area contributed by atoms with Crippen molar-refractivity contribution in [3.63, 3.8) is 0 Å². The van der Waals surface area contributed by atoms with E-state index in [1.807, 2.05) is 0 Å². The van der Waals surface area contributed by atoms with Crippen molar-refractivity contribution in [3.05, 3.63) is 35.4 Å². The molecule has 0 spiro atoms. The summed E-state index contributed by atoms with van der Waals surface area (Å²) in [5, 5.41) is 0. The van der Waals surface area contributed by atoms with Gasteiger partial charge in [-0.3, -0.25) is 4.90 Å². The topological polar surface area (TPSA) is 47.7 Å². The Balaban J connectivity index is 1.96. The minimum absolute atomic E-state index is 0.243. The zero-order valence-corrected chi connectivity index (χ0v) is 13.3. The van der Waals surface area contributed by atoms with Gasteiger partial charge in [0.15, 0.2) is 0 Å². The van der Waals surface area contributed by atoms with Crippen molar-refractivity contribution in [3.8, 4) is 0 Å². The minimum atomic E-state index is 0.243. The largest absolute Gasteiger partial charge is 0.380 e. The predicted molar refractivity (Wildman–Crippen MR) is 85.2 cm³/mol. The molecule has 1 fully saturated rings. The minimum Gasteiger partial charge on any atom is -0.380 e. The van der Waals surface area contributed by atoms with Crippen LogP contribution in [-0.2, 0) is 16.1 Å². The number of nitrogens with zero attached hydrogens (tertiary/aromatic N) is 1. The van der Waals surface area contributed by atoms with Gasteiger partial charge in [-0.15, -0.1) is 0 Å². The molecular formula is C17H28N2O2. The number of benzene rings is 1. The fourth-order valence-corrected chi connectivity index (χ4v) is 2.97. The van der Waals surface area contributed by atoms with Gasteiger partial charge in [-0.05, 0) is 37.4 Å². The van der Waals surface area contributed by atoms with Crippen LogP contribution in [0.4, 0.5) is 0 Å². The molecule has 118 valence electrons. The Morgan fingerprint density at radius 3 is 2.67 bits per heavy atom. The van der Waals surface area contributed by atoms with Gasteiger partial charge in [0.2, 0.25) is 0 Å². The Labute approximate surface area is 128 Å². The molecule has 2 atom stereocenters. The van der Waals surface area contributed by atoms with Crippen LogP contribution in [0.15, 0.2) is 24.3 Å². The monoisotopic (exact) mass is 292 g/mol. The number of hydrogen-bond donors (Lipinski definition) is 1. The third-order valence-corrected chi connectivity index (χ3v) is 4.20. The number of methoxy groups -OCH3 is 1. The van der Waals surface area contributed by atoms with Crippen LogP contribution in [0.1, 0.15) is 36.4 Å². The number of nitrogens with two attached hydrogens (primary N) is 1. The van der Waals surface area contributed by atoms with Crippen molar-refractivity contribution in [2.45, 2.75) is 38.0 Å². The summed E-state index contributed by atoms with van der Waals surface area (Å²) in [6.45, 7) is 3.12.